The molecule has 0 amide bonds. The van der Waals surface area contributed by atoms with Gasteiger partial charge in [0, 0.05) is 29.5 Å². The van der Waals surface area contributed by atoms with Crippen molar-refractivity contribution in [2.45, 2.75) is 13.3 Å². The quantitative estimate of drug-likeness (QED) is 0.335. The second-order valence-corrected chi connectivity index (χ2v) is 3.38. The molecule has 0 radical (unpaired) electrons. The summed E-state index contributed by atoms with van der Waals surface area (Å²) in [6.07, 6.45) is 0.587. The number of halogens is 1. The zero-order chi connectivity index (χ0) is 11.3. The highest BCUT2D eigenvalue weighted by molar-refractivity contribution is 6.18. The van der Waals surface area contributed by atoms with Crippen LogP contribution in [0.2, 0.25) is 0 Å². The number of alkyl halides is 1. The summed E-state index contributed by atoms with van der Waals surface area (Å²) in [4.78, 5) is 10.2. The van der Waals surface area contributed by atoms with Crippen molar-refractivity contribution >= 4 is 17.3 Å². The van der Waals surface area contributed by atoms with Gasteiger partial charge in [0.2, 0.25) is 0 Å². The molecule has 0 unspecified atom stereocenters. The number of rotatable bonds is 2. The van der Waals surface area contributed by atoms with Gasteiger partial charge in [0.15, 0.2) is 0 Å². The molecule has 0 aliphatic heterocycles. The van der Waals surface area contributed by atoms with Crippen molar-refractivity contribution in [3.8, 4) is 11.8 Å². The van der Waals surface area contributed by atoms with Gasteiger partial charge in [0.25, 0.3) is 5.69 Å². The molecule has 0 heterocycles. The molecule has 3 nitrogen and oxygen atoms in total. The normalized spacial score (nSPS) is 9.20. The van der Waals surface area contributed by atoms with E-state index in [1.165, 1.54) is 6.07 Å². The topological polar surface area (TPSA) is 43.1 Å². The van der Waals surface area contributed by atoms with Gasteiger partial charge in [0.05, 0.1) is 4.92 Å². The Balaban J connectivity index is 2.99. The van der Waals surface area contributed by atoms with Gasteiger partial charge < -0.3 is 0 Å². The average Bonchev–Trinajstić information content (AvgIpc) is 2.20. The van der Waals surface area contributed by atoms with Gasteiger partial charge in [-0.3, -0.25) is 10.1 Å². The third-order valence-electron chi connectivity index (χ3n) is 1.86. The lowest BCUT2D eigenvalue weighted by Crippen LogP contribution is -1.92. The highest BCUT2D eigenvalue weighted by Crippen LogP contribution is 2.18. The summed E-state index contributed by atoms with van der Waals surface area (Å²) in [5, 5.41) is 10.6. The summed E-state index contributed by atoms with van der Waals surface area (Å²) >= 11 is 5.46. The fourth-order valence-electron chi connectivity index (χ4n) is 1.10. The maximum Gasteiger partial charge on any atom is 0.273 e. The molecule has 1 aromatic rings. The Kier molecular flexibility index (Phi) is 4.14. The van der Waals surface area contributed by atoms with Crippen molar-refractivity contribution in [1.82, 2.24) is 0 Å². The number of nitro benzene ring substituents is 1. The van der Waals surface area contributed by atoms with E-state index in [0.29, 0.717) is 23.4 Å². The van der Waals surface area contributed by atoms with Crippen LogP contribution in [-0.2, 0) is 0 Å². The minimum absolute atomic E-state index is 0.104. The van der Waals surface area contributed by atoms with Crippen molar-refractivity contribution in [2.24, 2.45) is 0 Å². The zero-order valence-electron chi connectivity index (χ0n) is 8.29. The molecular weight excluding hydrogens is 214 g/mol. The highest BCUT2D eigenvalue weighted by atomic mass is 35.5. The van der Waals surface area contributed by atoms with E-state index in [1.807, 2.05) is 0 Å². The number of hydrogen-bond donors (Lipinski definition) is 0. The molecule has 1 aromatic carbocycles. The molecule has 0 saturated carbocycles. The van der Waals surface area contributed by atoms with E-state index in [4.69, 9.17) is 11.6 Å². The molecule has 4 heteroatoms. The van der Waals surface area contributed by atoms with Gasteiger partial charge in [-0.25, -0.2) is 0 Å². The first kappa shape index (κ1) is 11.5. The minimum Gasteiger partial charge on any atom is -0.258 e. The molecule has 0 spiro atoms. The Morgan fingerprint density at radius 3 is 2.87 bits per heavy atom. The van der Waals surface area contributed by atoms with Crippen LogP contribution in [0, 0.1) is 28.9 Å². The molecule has 0 bridgehead atoms. The number of aryl methyl sites for hydroxylation is 1. The molecule has 0 fully saturated rings. The van der Waals surface area contributed by atoms with Crippen LogP contribution in [0.5, 0.6) is 0 Å². The summed E-state index contributed by atoms with van der Waals surface area (Å²) in [5.41, 5.74) is 1.40. The summed E-state index contributed by atoms with van der Waals surface area (Å²) in [6, 6.07) is 4.95. The molecular formula is C11H10ClNO2. The minimum atomic E-state index is -0.401. The van der Waals surface area contributed by atoms with Gasteiger partial charge in [-0.15, -0.1) is 11.6 Å². The summed E-state index contributed by atoms with van der Waals surface area (Å²) in [5.74, 6) is 6.13. The molecule has 78 valence electrons. The van der Waals surface area contributed by atoms with Crippen LogP contribution in [0.1, 0.15) is 17.5 Å². The molecule has 0 aromatic heterocycles. The van der Waals surface area contributed by atoms with E-state index < -0.39 is 4.92 Å². The molecule has 1 rings (SSSR count). The predicted molar refractivity (Wildman–Crippen MR) is 60.0 cm³/mol. The highest BCUT2D eigenvalue weighted by Gasteiger charge is 2.09. The Morgan fingerprint density at radius 2 is 2.27 bits per heavy atom. The summed E-state index contributed by atoms with van der Waals surface area (Å²) < 4.78 is 0. The van der Waals surface area contributed by atoms with Crippen molar-refractivity contribution in [3.63, 3.8) is 0 Å². The van der Waals surface area contributed by atoms with Gasteiger partial charge >= 0.3 is 0 Å². The zero-order valence-corrected chi connectivity index (χ0v) is 9.04. The maximum atomic E-state index is 10.6. The second-order valence-electron chi connectivity index (χ2n) is 3.00. The molecule has 15 heavy (non-hydrogen) atoms. The predicted octanol–water partition coefficient (Wildman–Crippen LogP) is 2.88. The van der Waals surface area contributed by atoms with E-state index in [2.05, 4.69) is 11.8 Å². The Bertz CT molecular complexity index is 432. The molecule has 0 saturated heterocycles. The number of nitro groups is 1. The van der Waals surface area contributed by atoms with E-state index in [9.17, 15) is 10.1 Å². The van der Waals surface area contributed by atoms with E-state index >= 15 is 0 Å². The fraction of sp³-hybridized carbons (Fsp3) is 0.273. The van der Waals surface area contributed by atoms with Crippen molar-refractivity contribution in [3.05, 3.63) is 39.4 Å². The first-order chi connectivity index (χ1) is 7.15. The van der Waals surface area contributed by atoms with Crippen LogP contribution in [-0.4, -0.2) is 10.8 Å². The Hall–Kier alpha value is -1.53. The second kappa shape index (κ2) is 5.38. The van der Waals surface area contributed by atoms with Gasteiger partial charge in [0.1, 0.15) is 0 Å². The van der Waals surface area contributed by atoms with Crippen molar-refractivity contribution in [1.29, 1.82) is 0 Å². The van der Waals surface area contributed by atoms with Crippen LogP contribution in [0.25, 0.3) is 0 Å². The van der Waals surface area contributed by atoms with Gasteiger partial charge in [-0.2, -0.15) is 0 Å². The van der Waals surface area contributed by atoms with Crippen LogP contribution in [0.3, 0.4) is 0 Å². The number of nitrogens with zero attached hydrogens (tertiary/aromatic N) is 1. The van der Waals surface area contributed by atoms with Crippen molar-refractivity contribution < 1.29 is 4.92 Å². The Labute approximate surface area is 93.2 Å². The van der Waals surface area contributed by atoms with Crippen LogP contribution in [0.4, 0.5) is 5.69 Å². The van der Waals surface area contributed by atoms with Crippen LogP contribution in [0.15, 0.2) is 18.2 Å². The van der Waals surface area contributed by atoms with Crippen LogP contribution >= 0.6 is 11.6 Å². The smallest absolute Gasteiger partial charge is 0.258 e. The largest absolute Gasteiger partial charge is 0.273 e. The Morgan fingerprint density at radius 1 is 1.53 bits per heavy atom. The lowest BCUT2D eigenvalue weighted by molar-refractivity contribution is -0.385. The number of hydrogen-bond acceptors (Lipinski definition) is 2. The van der Waals surface area contributed by atoms with Crippen molar-refractivity contribution in [2.75, 3.05) is 5.88 Å². The van der Waals surface area contributed by atoms with Gasteiger partial charge in [-0.05, 0) is 13.0 Å². The SMILES string of the molecule is Cc1ccc(C#CCCCl)cc1[N+](=O)[O-]. The van der Waals surface area contributed by atoms with Crippen LogP contribution < -0.4 is 0 Å². The average molecular weight is 224 g/mol. The third-order valence-corrected chi connectivity index (χ3v) is 2.05. The lowest BCUT2D eigenvalue weighted by Gasteiger charge is -1.96. The molecule has 0 aliphatic rings. The van der Waals surface area contributed by atoms with Gasteiger partial charge in [-0.1, -0.05) is 17.9 Å². The first-order valence-electron chi connectivity index (χ1n) is 4.45. The number of benzene rings is 1. The first-order valence-corrected chi connectivity index (χ1v) is 4.98. The fourth-order valence-corrected chi connectivity index (χ4v) is 1.19. The standard InChI is InChI=1S/C11H10ClNO2/c1-9-5-6-10(4-2-3-7-12)8-11(9)13(14)15/h5-6,8H,3,7H2,1H3. The third kappa shape index (κ3) is 3.26. The maximum absolute atomic E-state index is 10.6. The van der Waals surface area contributed by atoms with E-state index in [0.717, 1.165) is 0 Å². The van der Waals surface area contributed by atoms with E-state index in [-0.39, 0.29) is 5.69 Å². The molecule has 0 atom stereocenters. The lowest BCUT2D eigenvalue weighted by atomic mass is 10.1. The van der Waals surface area contributed by atoms with E-state index in [1.54, 1.807) is 19.1 Å². The molecule has 0 aliphatic carbocycles. The summed E-state index contributed by atoms with van der Waals surface area (Å²) in [6.45, 7) is 1.70. The summed E-state index contributed by atoms with van der Waals surface area (Å²) in [7, 11) is 0. The monoisotopic (exact) mass is 223 g/mol. The molecule has 0 N–H and O–H groups in total.